The van der Waals surface area contributed by atoms with E-state index in [1.165, 1.54) is 20.7 Å². The fourth-order valence-corrected chi connectivity index (χ4v) is 18.5. The van der Waals surface area contributed by atoms with Crippen molar-refractivity contribution in [2.24, 2.45) is 5.92 Å². The molecule has 0 bridgehead atoms. The number of nitrogens with zero attached hydrogens (tertiary/aromatic N) is 1. The first-order chi connectivity index (χ1) is 26.0. The summed E-state index contributed by atoms with van der Waals surface area (Å²) < 4.78 is 20.9. The smallest absolute Gasteiger partial charge is 0.410 e. The third-order valence-electron chi connectivity index (χ3n) is 11.7. The molecule has 294 valence electrons. The van der Waals surface area contributed by atoms with Gasteiger partial charge in [-0.05, 0) is 76.8 Å². The van der Waals surface area contributed by atoms with Crippen LogP contribution in [0.4, 0.5) is 4.79 Å². The van der Waals surface area contributed by atoms with E-state index < -0.39 is 22.2 Å². The van der Waals surface area contributed by atoms with Crippen LogP contribution in [0, 0.1) is 5.92 Å². The lowest BCUT2D eigenvalue weighted by molar-refractivity contribution is 0.0178. The number of carbonyl (C=O) groups excluding carboxylic acids is 1. The number of rotatable bonds is 11. The first-order valence-electron chi connectivity index (χ1n) is 20.3. The van der Waals surface area contributed by atoms with Gasteiger partial charge in [-0.1, -0.05) is 163 Å². The van der Waals surface area contributed by atoms with Gasteiger partial charge in [-0.3, -0.25) is 0 Å². The van der Waals surface area contributed by atoms with E-state index in [9.17, 15) is 4.79 Å². The molecule has 2 aliphatic rings. The molecule has 0 unspecified atom stereocenters. The largest absolute Gasteiger partial charge is 0.444 e. The zero-order chi connectivity index (χ0) is 39.5. The quantitative estimate of drug-likeness (QED) is 0.157. The summed E-state index contributed by atoms with van der Waals surface area (Å²) in [5.74, 6) is 0.276. The molecular formula is C47H64N2O4Si2. The Morgan fingerprint density at radius 2 is 1.02 bits per heavy atom. The van der Waals surface area contributed by atoms with Gasteiger partial charge in [-0.15, -0.1) is 0 Å². The Labute approximate surface area is 333 Å². The van der Waals surface area contributed by atoms with Crippen molar-refractivity contribution in [2.75, 3.05) is 19.8 Å². The zero-order valence-electron chi connectivity index (χ0n) is 34.7. The number of carbonyl (C=O) groups is 1. The summed E-state index contributed by atoms with van der Waals surface area (Å²) >= 11 is 0. The maximum absolute atomic E-state index is 14.0. The van der Waals surface area contributed by atoms with Gasteiger partial charge in [0.1, 0.15) is 5.60 Å². The highest BCUT2D eigenvalue weighted by molar-refractivity contribution is 7.00. The molecule has 6 rings (SSSR count). The highest BCUT2D eigenvalue weighted by Crippen LogP contribution is 2.40. The molecule has 0 aliphatic carbocycles. The van der Waals surface area contributed by atoms with E-state index in [0.29, 0.717) is 19.8 Å². The van der Waals surface area contributed by atoms with Crippen LogP contribution in [0.1, 0.15) is 81.6 Å². The third-order valence-corrected chi connectivity index (χ3v) is 21.8. The molecule has 8 heteroatoms. The molecule has 0 spiro atoms. The average Bonchev–Trinajstić information content (AvgIpc) is 3.80. The molecule has 1 amide bonds. The standard InChI is InChI=1S/C47H64N2O4Si2/c1-45(2,3)53-44(50)49-33-36(32-38(49)35-52-55(47(7,8)9,41-26-18-12-19-27-41)42-28-20-13-21-29-42)43-31-30-37(48-43)34-51-54(46(4,5)6,39-22-14-10-15-23-39)40-24-16-11-17-25-40/h10-29,36-38,43,48H,30-35H2,1-9H3/t36-,37+,38+,43-/m1/s1. The number of ether oxygens (including phenoxy) is 1. The van der Waals surface area contributed by atoms with Crippen LogP contribution in [0.5, 0.6) is 0 Å². The maximum atomic E-state index is 14.0. The molecule has 2 saturated heterocycles. The summed E-state index contributed by atoms with van der Waals surface area (Å²) in [5.41, 5.74) is -0.590. The minimum absolute atomic E-state index is 0.0780. The molecule has 4 aromatic carbocycles. The van der Waals surface area contributed by atoms with E-state index in [4.69, 9.17) is 13.6 Å². The van der Waals surface area contributed by atoms with Gasteiger partial charge < -0.3 is 23.8 Å². The minimum atomic E-state index is -2.80. The van der Waals surface area contributed by atoms with E-state index >= 15 is 0 Å². The van der Waals surface area contributed by atoms with Crippen molar-refractivity contribution >= 4 is 43.5 Å². The summed E-state index contributed by atoms with van der Waals surface area (Å²) in [6.07, 6.45) is 2.69. The van der Waals surface area contributed by atoms with Gasteiger partial charge in [0.2, 0.25) is 0 Å². The summed E-state index contributed by atoms with van der Waals surface area (Å²) in [6.45, 7) is 21.5. The van der Waals surface area contributed by atoms with Crippen molar-refractivity contribution in [1.29, 1.82) is 0 Å². The first kappa shape index (κ1) is 41.1. The molecule has 55 heavy (non-hydrogen) atoms. The number of hydrogen-bond acceptors (Lipinski definition) is 5. The van der Waals surface area contributed by atoms with Crippen molar-refractivity contribution in [3.63, 3.8) is 0 Å². The zero-order valence-corrected chi connectivity index (χ0v) is 36.7. The molecule has 4 aromatic rings. The number of amides is 1. The topological polar surface area (TPSA) is 60.0 Å². The van der Waals surface area contributed by atoms with Crippen molar-refractivity contribution in [2.45, 2.75) is 115 Å². The fraction of sp³-hybridized carbons (Fsp3) is 0.468. The molecule has 2 heterocycles. The van der Waals surface area contributed by atoms with E-state index in [2.05, 4.69) is 168 Å². The highest BCUT2D eigenvalue weighted by atomic mass is 28.4. The molecule has 2 fully saturated rings. The molecule has 1 N–H and O–H groups in total. The Morgan fingerprint density at radius 1 is 0.618 bits per heavy atom. The van der Waals surface area contributed by atoms with Crippen molar-refractivity contribution in [3.05, 3.63) is 121 Å². The van der Waals surface area contributed by atoms with Crippen molar-refractivity contribution < 1.29 is 18.4 Å². The third kappa shape index (κ3) is 8.74. The summed E-state index contributed by atoms with van der Waals surface area (Å²) in [6, 6.07) is 43.7. The van der Waals surface area contributed by atoms with E-state index in [0.717, 1.165) is 19.3 Å². The normalized spacial score (nSPS) is 21.1. The van der Waals surface area contributed by atoms with Crippen LogP contribution in [0.15, 0.2) is 121 Å². The Hall–Kier alpha value is -3.54. The lowest BCUT2D eigenvalue weighted by Crippen LogP contribution is -2.67. The lowest BCUT2D eigenvalue weighted by atomic mass is 9.96. The second kappa shape index (κ2) is 16.5. The van der Waals surface area contributed by atoms with Gasteiger partial charge in [0.15, 0.2) is 0 Å². The number of nitrogens with one attached hydrogen (secondary N) is 1. The average molecular weight is 777 g/mol. The van der Waals surface area contributed by atoms with E-state index in [-0.39, 0.29) is 40.2 Å². The summed E-state index contributed by atoms with van der Waals surface area (Å²) in [4.78, 5) is 15.9. The molecule has 2 aliphatic heterocycles. The monoisotopic (exact) mass is 776 g/mol. The number of benzene rings is 4. The van der Waals surface area contributed by atoms with Gasteiger partial charge in [0.05, 0.1) is 19.3 Å². The predicted molar refractivity (Wildman–Crippen MR) is 232 cm³/mol. The van der Waals surface area contributed by atoms with Crippen LogP contribution in [0.3, 0.4) is 0 Å². The molecule has 6 nitrogen and oxygen atoms in total. The predicted octanol–water partition coefficient (Wildman–Crippen LogP) is 7.89. The Balaban J connectivity index is 1.23. The lowest BCUT2D eigenvalue weighted by Gasteiger charge is -2.44. The van der Waals surface area contributed by atoms with Crippen LogP contribution >= 0.6 is 0 Å². The molecule has 4 atom stereocenters. The van der Waals surface area contributed by atoms with Crippen LogP contribution in [-0.4, -0.2) is 71.1 Å². The van der Waals surface area contributed by atoms with Crippen molar-refractivity contribution in [1.82, 2.24) is 10.2 Å². The van der Waals surface area contributed by atoms with Crippen LogP contribution < -0.4 is 26.1 Å². The van der Waals surface area contributed by atoms with Crippen LogP contribution in [-0.2, 0) is 13.6 Å². The van der Waals surface area contributed by atoms with Crippen LogP contribution in [0.25, 0.3) is 0 Å². The fourth-order valence-electron chi connectivity index (χ4n) is 9.27. The highest BCUT2D eigenvalue weighted by Gasteiger charge is 2.53. The summed E-state index contributed by atoms with van der Waals surface area (Å²) in [7, 11) is -5.45. The molecular weight excluding hydrogens is 713 g/mol. The maximum Gasteiger partial charge on any atom is 0.410 e. The van der Waals surface area contributed by atoms with Gasteiger partial charge in [0.25, 0.3) is 16.6 Å². The second-order valence-corrected chi connectivity index (χ2v) is 27.4. The van der Waals surface area contributed by atoms with Gasteiger partial charge >= 0.3 is 6.09 Å². The Morgan fingerprint density at radius 3 is 1.40 bits per heavy atom. The SMILES string of the molecule is CC(C)(C)OC(=O)N1C[C@H]([C@H]2CC[C@@H](CO[Si](c3ccccc3)(c3ccccc3)C(C)(C)C)N2)C[C@H]1CO[Si](c1ccccc1)(c1ccccc1)C(C)(C)C. The first-order valence-corrected chi connectivity index (χ1v) is 24.1. The van der Waals surface area contributed by atoms with Gasteiger partial charge in [-0.25, -0.2) is 4.79 Å². The molecule has 0 saturated carbocycles. The van der Waals surface area contributed by atoms with Crippen LogP contribution in [0.2, 0.25) is 10.1 Å². The van der Waals surface area contributed by atoms with Gasteiger partial charge in [-0.2, -0.15) is 0 Å². The molecule has 0 aromatic heterocycles. The number of likely N-dealkylation sites (tertiary alicyclic amines) is 1. The minimum Gasteiger partial charge on any atom is -0.444 e. The summed E-state index contributed by atoms with van der Waals surface area (Å²) in [5, 5.41) is 8.88. The molecule has 0 radical (unpaired) electrons. The van der Waals surface area contributed by atoms with Gasteiger partial charge in [0, 0.05) is 18.6 Å². The number of hydrogen-bond donors (Lipinski definition) is 1. The van der Waals surface area contributed by atoms with E-state index in [1.807, 2.05) is 25.7 Å². The Kier molecular flexibility index (Phi) is 12.3. The second-order valence-electron chi connectivity index (χ2n) is 18.8. The van der Waals surface area contributed by atoms with Crippen molar-refractivity contribution in [3.8, 4) is 0 Å². The Bertz CT molecular complexity index is 1740. The van der Waals surface area contributed by atoms with E-state index in [1.54, 1.807) is 0 Å².